The van der Waals surface area contributed by atoms with Crippen LogP contribution in [0, 0.1) is 0 Å². The minimum atomic E-state index is -0.840. The van der Waals surface area contributed by atoms with Crippen LogP contribution < -0.4 is 14.2 Å². The van der Waals surface area contributed by atoms with E-state index in [2.05, 4.69) is 0 Å². The van der Waals surface area contributed by atoms with Gasteiger partial charge in [0.1, 0.15) is 11.9 Å². The summed E-state index contributed by atoms with van der Waals surface area (Å²) in [5.41, 5.74) is 0.931. The molecule has 2 aromatic carbocycles. The average Bonchev–Trinajstić information content (AvgIpc) is 2.79. The van der Waals surface area contributed by atoms with Crippen molar-refractivity contribution in [3.63, 3.8) is 0 Å². The molecular formula is C23H26O8. The molecule has 0 saturated heterocycles. The fourth-order valence-corrected chi connectivity index (χ4v) is 3.43. The summed E-state index contributed by atoms with van der Waals surface area (Å²) in [6.07, 6.45) is 1.23. The molecule has 0 bridgehead atoms. The molecule has 166 valence electrons. The Morgan fingerprint density at radius 3 is 2.39 bits per heavy atom. The molecule has 0 aromatic heterocycles. The van der Waals surface area contributed by atoms with Gasteiger partial charge in [0.05, 0.1) is 31.5 Å². The maximum atomic E-state index is 12.7. The van der Waals surface area contributed by atoms with E-state index in [-0.39, 0.29) is 17.2 Å². The molecule has 0 radical (unpaired) electrons. The Morgan fingerprint density at radius 1 is 1.03 bits per heavy atom. The molecule has 2 aromatic rings. The van der Waals surface area contributed by atoms with E-state index in [4.69, 9.17) is 24.0 Å². The van der Waals surface area contributed by atoms with Gasteiger partial charge in [-0.1, -0.05) is 6.92 Å². The van der Waals surface area contributed by atoms with Crippen LogP contribution in [0.4, 0.5) is 0 Å². The van der Waals surface area contributed by atoms with E-state index in [1.807, 2.05) is 6.92 Å². The number of aliphatic hydroxyl groups is 1. The SMILES string of the molecule is CCC1CC(O)CCc2c(C(=O)OOC(=O)c3ccc(OC)cc3)ccc(OC)c2O1. The average molecular weight is 430 g/mol. The summed E-state index contributed by atoms with van der Waals surface area (Å²) in [6.45, 7) is 1.96. The van der Waals surface area contributed by atoms with Crippen molar-refractivity contribution in [2.75, 3.05) is 14.2 Å². The fourth-order valence-electron chi connectivity index (χ4n) is 3.43. The standard InChI is InChI=1S/C23H26O8/c1-4-16-13-15(24)7-10-18-19(11-12-20(28-3)21(18)29-16)23(26)31-30-22(25)14-5-8-17(27-2)9-6-14/h5-6,8-9,11-12,15-16,24H,4,7,10,13H2,1-3H3. The Hall–Kier alpha value is -3.26. The first-order chi connectivity index (χ1) is 15.0. The monoisotopic (exact) mass is 430 g/mol. The predicted octanol–water partition coefficient (Wildman–Crippen LogP) is 3.49. The Labute approximate surface area is 180 Å². The lowest BCUT2D eigenvalue weighted by atomic mass is 9.95. The molecule has 1 heterocycles. The molecule has 2 atom stereocenters. The summed E-state index contributed by atoms with van der Waals surface area (Å²) in [5, 5.41) is 10.2. The summed E-state index contributed by atoms with van der Waals surface area (Å²) in [6, 6.07) is 9.32. The number of benzene rings is 2. The summed E-state index contributed by atoms with van der Waals surface area (Å²) >= 11 is 0. The van der Waals surface area contributed by atoms with Gasteiger partial charge in [-0.05, 0) is 55.7 Å². The molecule has 1 aliphatic rings. The molecule has 31 heavy (non-hydrogen) atoms. The molecule has 0 spiro atoms. The number of carbonyl (C=O) groups is 2. The Bertz CT molecular complexity index is 922. The largest absolute Gasteiger partial charge is 0.497 e. The summed E-state index contributed by atoms with van der Waals surface area (Å²) < 4.78 is 16.5. The molecule has 0 saturated carbocycles. The number of hydrogen-bond acceptors (Lipinski definition) is 8. The number of rotatable bonds is 5. The van der Waals surface area contributed by atoms with Crippen molar-refractivity contribution in [1.82, 2.24) is 0 Å². The molecule has 2 unspecified atom stereocenters. The van der Waals surface area contributed by atoms with Crippen LogP contribution in [0.2, 0.25) is 0 Å². The Balaban J connectivity index is 1.80. The van der Waals surface area contributed by atoms with Gasteiger partial charge >= 0.3 is 11.9 Å². The maximum Gasteiger partial charge on any atom is 0.386 e. The van der Waals surface area contributed by atoms with Gasteiger partial charge < -0.3 is 19.3 Å². The zero-order chi connectivity index (χ0) is 22.4. The van der Waals surface area contributed by atoms with Crippen molar-refractivity contribution in [3.8, 4) is 17.2 Å². The number of fused-ring (bicyclic) bond motifs is 1. The van der Waals surface area contributed by atoms with Crippen LogP contribution in [0.25, 0.3) is 0 Å². The maximum absolute atomic E-state index is 12.7. The van der Waals surface area contributed by atoms with Crippen molar-refractivity contribution in [2.24, 2.45) is 0 Å². The van der Waals surface area contributed by atoms with E-state index in [1.54, 1.807) is 18.2 Å². The van der Waals surface area contributed by atoms with Crippen molar-refractivity contribution < 1.29 is 38.7 Å². The molecule has 0 aliphatic carbocycles. The Kier molecular flexibility index (Phi) is 7.36. The smallest absolute Gasteiger partial charge is 0.386 e. The van der Waals surface area contributed by atoms with Crippen molar-refractivity contribution in [1.29, 1.82) is 0 Å². The topological polar surface area (TPSA) is 101 Å². The van der Waals surface area contributed by atoms with E-state index in [1.165, 1.54) is 32.4 Å². The number of ether oxygens (including phenoxy) is 3. The van der Waals surface area contributed by atoms with Crippen LogP contribution in [0.3, 0.4) is 0 Å². The van der Waals surface area contributed by atoms with E-state index < -0.39 is 18.0 Å². The highest BCUT2D eigenvalue weighted by Gasteiger charge is 2.28. The second-order valence-electron chi connectivity index (χ2n) is 7.17. The third kappa shape index (κ3) is 5.27. The zero-order valence-electron chi connectivity index (χ0n) is 17.8. The van der Waals surface area contributed by atoms with Crippen LogP contribution in [-0.4, -0.2) is 43.5 Å². The van der Waals surface area contributed by atoms with Gasteiger partial charge in [-0.2, -0.15) is 0 Å². The lowest BCUT2D eigenvalue weighted by molar-refractivity contribution is -0.187. The molecule has 0 fully saturated rings. The second kappa shape index (κ2) is 10.2. The number of methoxy groups -OCH3 is 2. The van der Waals surface area contributed by atoms with Gasteiger partial charge in [-0.3, -0.25) is 0 Å². The number of carbonyl (C=O) groups excluding carboxylic acids is 2. The lowest BCUT2D eigenvalue weighted by Crippen LogP contribution is -2.27. The zero-order valence-corrected chi connectivity index (χ0v) is 17.8. The van der Waals surface area contributed by atoms with Gasteiger partial charge in [0.15, 0.2) is 11.5 Å². The first-order valence-electron chi connectivity index (χ1n) is 10.1. The third-order valence-electron chi connectivity index (χ3n) is 5.19. The van der Waals surface area contributed by atoms with Crippen LogP contribution in [0.1, 0.15) is 52.5 Å². The molecule has 3 rings (SSSR count). The van der Waals surface area contributed by atoms with Crippen LogP contribution >= 0.6 is 0 Å². The second-order valence-corrected chi connectivity index (χ2v) is 7.17. The first-order valence-corrected chi connectivity index (χ1v) is 10.1. The van der Waals surface area contributed by atoms with Crippen LogP contribution in [0.15, 0.2) is 36.4 Å². The lowest BCUT2D eigenvalue weighted by Gasteiger charge is -2.27. The van der Waals surface area contributed by atoms with Crippen molar-refractivity contribution >= 4 is 11.9 Å². The Morgan fingerprint density at radius 2 is 1.74 bits per heavy atom. The highest BCUT2D eigenvalue weighted by atomic mass is 17.2. The van der Waals surface area contributed by atoms with Gasteiger partial charge in [-0.15, -0.1) is 0 Å². The van der Waals surface area contributed by atoms with Gasteiger partial charge in [-0.25, -0.2) is 19.4 Å². The van der Waals surface area contributed by atoms with Gasteiger partial charge in [0, 0.05) is 12.0 Å². The molecule has 8 heteroatoms. The number of aliphatic hydroxyl groups excluding tert-OH is 1. The van der Waals surface area contributed by atoms with Crippen molar-refractivity contribution in [2.45, 2.75) is 44.8 Å². The molecule has 1 aliphatic heterocycles. The minimum absolute atomic E-state index is 0.183. The summed E-state index contributed by atoms with van der Waals surface area (Å²) in [4.78, 5) is 34.4. The van der Waals surface area contributed by atoms with E-state index >= 15 is 0 Å². The van der Waals surface area contributed by atoms with Crippen molar-refractivity contribution in [3.05, 3.63) is 53.1 Å². The summed E-state index contributed by atoms with van der Waals surface area (Å²) in [7, 11) is 3.03. The molecular weight excluding hydrogens is 404 g/mol. The highest BCUT2D eigenvalue weighted by molar-refractivity contribution is 5.94. The van der Waals surface area contributed by atoms with Gasteiger partial charge in [0.2, 0.25) is 0 Å². The minimum Gasteiger partial charge on any atom is -0.497 e. The summed E-state index contributed by atoms with van der Waals surface area (Å²) in [5.74, 6) is -0.149. The van der Waals surface area contributed by atoms with E-state index in [0.717, 1.165) is 0 Å². The third-order valence-corrected chi connectivity index (χ3v) is 5.19. The fraction of sp³-hybridized carbons (Fsp3) is 0.391. The molecule has 0 amide bonds. The molecule has 8 nitrogen and oxygen atoms in total. The molecule has 1 N–H and O–H groups in total. The van der Waals surface area contributed by atoms with E-state index in [9.17, 15) is 14.7 Å². The van der Waals surface area contributed by atoms with Crippen LogP contribution in [0.5, 0.6) is 17.2 Å². The normalized spacial score (nSPS) is 17.9. The van der Waals surface area contributed by atoms with E-state index in [0.29, 0.717) is 48.5 Å². The quantitative estimate of drug-likeness (QED) is 0.568. The predicted molar refractivity (Wildman–Crippen MR) is 110 cm³/mol. The van der Waals surface area contributed by atoms with Gasteiger partial charge in [0.25, 0.3) is 0 Å². The number of hydrogen-bond donors (Lipinski definition) is 1. The highest BCUT2D eigenvalue weighted by Crippen LogP contribution is 2.38. The van der Waals surface area contributed by atoms with Crippen LogP contribution in [-0.2, 0) is 16.2 Å². The first kappa shape index (κ1) is 22.4.